The van der Waals surface area contributed by atoms with Gasteiger partial charge in [-0.15, -0.1) is 0 Å². The minimum Gasteiger partial charge on any atom is -0.350 e. The Bertz CT molecular complexity index is 268. The number of carbonyl (C=O) groups is 1. The molecular formula is C7H9N3OS. The molecular weight excluding hydrogens is 174 g/mol. The Hall–Kier alpha value is -0.970. The number of nitrogens with one attached hydrogen (secondary N) is 1. The second kappa shape index (κ2) is 3.18. The number of hydrogen-bond acceptors (Lipinski definition) is 4. The SMILES string of the molecule is O=C(NCC1CC1)c1cnsn1. The third-order valence-corrected chi connectivity index (χ3v) is 2.32. The van der Waals surface area contributed by atoms with Gasteiger partial charge in [0.25, 0.3) is 5.91 Å². The van der Waals surface area contributed by atoms with E-state index in [0.717, 1.165) is 18.3 Å². The van der Waals surface area contributed by atoms with E-state index in [1.807, 2.05) is 0 Å². The van der Waals surface area contributed by atoms with Crippen LogP contribution in [0, 0.1) is 5.92 Å². The molecule has 0 aromatic carbocycles. The Morgan fingerprint density at radius 1 is 1.75 bits per heavy atom. The summed E-state index contributed by atoms with van der Waals surface area (Å²) in [5.74, 6) is 0.608. The first-order chi connectivity index (χ1) is 5.86. The van der Waals surface area contributed by atoms with Crippen LogP contribution >= 0.6 is 11.7 Å². The summed E-state index contributed by atoms with van der Waals surface area (Å²) in [6.45, 7) is 0.788. The van der Waals surface area contributed by atoms with Crippen LogP contribution in [0.15, 0.2) is 6.20 Å². The van der Waals surface area contributed by atoms with Crippen molar-refractivity contribution < 1.29 is 4.79 Å². The zero-order valence-electron chi connectivity index (χ0n) is 6.49. The van der Waals surface area contributed by atoms with E-state index in [0.29, 0.717) is 11.6 Å². The Morgan fingerprint density at radius 3 is 3.17 bits per heavy atom. The van der Waals surface area contributed by atoms with Crippen LogP contribution < -0.4 is 5.32 Å². The van der Waals surface area contributed by atoms with Crippen LogP contribution in [-0.2, 0) is 0 Å². The summed E-state index contributed by atoms with van der Waals surface area (Å²) in [6, 6.07) is 0. The molecule has 12 heavy (non-hydrogen) atoms. The van der Waals surface area contributed by atoms with Crippen LogP contribution in [0.4, 0.5) is 0 Å². The third-order valence-electron chi connectivity index (χ3n) is 1.84. The smallest absolute Gasteiger partial charge is 0.272 e. The molecule has 64 valence electrons. The summed E-state index contributed by atoms with van der Waals surface area (Å²) in [5, 5.41) is 2.81. The predicted molar refractivity (Wildman–Crippen MR) is 45.0 cm³/mol. The van der Waals surface area contributed by atoms with Gasteiger partial charge in [-0.3, -0.25) is 4.79 Å². The molecule has 1 aliphatic rings. The topological polar surface area (TPSA) is 54.9 Å². The van der Waals surface area contributed by atoms with Crippen molar-refractivity contribution in [1.82, 2.24) is 14.1 Å². The Morgan fingerprint density at radius 2 is 2.58 bits per heavy atom. The number of rotatable bonds is 3. The van der Waals surface area contributed by atoms with Gasteiger partial charge in [-0.2, -0.15) is 8.75 Å². The van der Waals surface area contributed by atoms with Gasteiger partial charge in [0.2, 0.25) is 0 Å². The van der Waals surface area contributed by atoms with Gasteiger partial charge < -0.3 is 5.32 Å². The fourth-order valence-electron chi connectivity index (χ4n) is 0.914. The first-order valence-corrected chi connectivity index (χ1v) is 4.65. The minimum atomic E-state index is -0.101. The molecule has 0 saturated heterocycles. The molecule has 1 N–H and O–H groups in total. The largest absolute Gasteiger partial charge is 0.350 e. The van der Waals surface area contributed by atoms with Crippen molar-refractivity contribution in [2.75, 3.05) is 6.54 Å². The molecule has 0 radical (unpaired) electrons. The van der Waals surface area contributed by atoms with E-state index >= 15 is 0 Å². The van der Waals surface area contributed by atoms with Crippen LogP contribution in [-0.4, -0.2) is 21.2 Å². The van der Waals surface area contributed by atoms with Crippen molar-refractivity contribution in [2.24, 2.45) is 5.92 Å². The molecule has 0 bridgehead atoms. The van der Waals surface area contributed by atoms with Gasteiger partial charge in [-0.05, 0) is 18.8 Å². The van der Waals surface area contributed by atoms with Gasteiger partial charge in [0.15, 0.2) is 5.69 Å². The fraction of sp³-hybridized carbons (Fsp3) is 0.571. The molecule has 0 atom stereocenters. The average molecular weight is 183 g/mol. The first kappa shape index (κ1) is 7.67. The van der Waals surface area contributed by atoms with Crippen molar-refractivity contribution in [2.45, 2.75) is 12.8 Å². The van der Waals surface area contributed by atoms with Gasteiger partial charge in [-0.1, -0.05) is 0 Å². The Kier molecular flexibility index (Phi) is 2.03. The van der Waals surface area contributed by atoms with Crippen LogP contribution in [0.5, 0.6) is 0 Å². The van der Waals surface area contributed by atoms with E-state index in [9.17, 15) is 4.79 Å². The summed E-state index contributed by atoms with van der Waals surface area (Å²) in [4.78, 5) is 11.2. The molecule has 4 nitrogen and oxygen atoms in total. The quantitative estimate of drug-likeness (QED) is 0.749. The molecule has 2 rings (SSSR count). The van der Waals surface area contributed by atoms with E-state index in [-0.39, 0.29) is 5.91 Å². The van der Waals surface area contributed by atoms with Crippen molar-refractivity contribution >= 4 is 17.6 Å². The molecule has 0 spiro atoms. The van der Waals surface area contributed by atoms with E-state index in [4.69, 9.17) is 0 Å². The molecule has 0 aliphatic heterocycles. The van der Waals surface area contributed by atoms with Gasteiger partial charge in [0.05, 0.1) is 17.9 Å². The maximum Gasteiger partial charge on any atom is 0.272 e. The molecule has 5 heteroatoms. The highest BCUT2D eigenvalue weighted by molar-refractivity contribution is 6.99. The van der Waals surface area contributed by atoms with Crippen molar-refractivity contribution in [3.63, 3.8) is 0 Å². The van der Waals surface area contributed by atoms with E-state index in [2.05, 4.69) is 14.1 Å². The molecule has 1 amide bonds. The number of carbonyl (C=O) groups excluding carboxylic acids is 1. The van der Waals surface area contributed by atoms with E-state index < -0.39 is 0 Å². The maximum absolute atomic E-state index is 11.2. The van der Waals surface area contributed by atoms with Crippen LogP contribution in [0.25, 0.3) is 0 Å². The number of aromatic nitrogens is 2. The lowest BCUT2D eigenvalue weighted by Crippen LogP contribution is -2.25. The second-order valence-corrected chi connectivity index (χ2v) is 3.50. The van der Waals surface area contributed by atoms with Crippen LogP contribution in [0.1, 0.15) is 23.3 Å². The van der Waals surface area contributed by atoms with Gasteiger partial charge in [0.1, 0.15) is 0 Å². The maximum atomic E-state index is 11.2. The summed E-state index contributed by atoms with van der Waals surface area (Å²) in [7, 11) is 0. The summed E-state index contributed by atoms with van der Waals surface area (Å²) >= 11 is 1.06. The average Bonchev–Trinajstić information content (AvgIpc) is 2.74. The molecule has 1 aromatic heterocycles. The number of hydrogen-bond donors (Lipinski definition) is 1. The molecule has 1 aliphatic carbocycles. The third kappa shape index (κ3) is 1.79. The standard InChI is InChI=1S/C7H9N3OS/c11-7(6-4-9-12-10-6)8-3-5-1-2-5/h4-5H,1-3H2,(H,8,11). The highest BCUT2D eigenvalue weighted by Gasteiger charge is 2.22. The lowest BCUT2D eigenvalue weighted by atomic mass is 10.4. The number of amides is 1. The van der Waals surface area contributed by atoms with E-state index in [1.165, 1.54) is 19.0 Å². The summed E-state index contributed by atoms with van der Waals surface area (Å²) < 4.78 is 7.59. The predicted octanol–water partition coefficient (Wildman–Crippen LogP) is 0.678. The Labute approximate surface area is 74.3 Å². The normalized spacial score (nSPS) is 16.0. The molecule has 1 fully saturated rings. The van der Waals surface area contributed by atoms with E-state index in [1.54, 1.807) is 0 Å². The van der Waals surface area contributed by atoms with Crippen LogP contribution in [0.3, 0.4) is 0 Å². The lowest BCUT2D eigenvalue weighted by Gasteiger charge is -1.98. The van der Waals surface area contributed by atoms with Crippen molar-refractivity contribution in [3.05, 3.63) is 11.9 Å². The molecule has 1 aromatic rings. The van der Waals surface area contributed by atoms with Gasteiger partial charge in [0, 0.05) is 6.54 Å². The Balaban J connectivity index is 1.83. The fourth-order valence-corrected chi connectivity index (χ4v) is 1.33. The van der Waals surface area contributed by atoms with Gasteiger partial charge >= 0.3 is 0 Å². The molecule has 1 heterocycles. The summed E-state index contributed by atoms with van der Waals surface area (Å²) in [6.07, 6.45) is 3.98. The molecule has 1 saturated carbocycles. The first-order valence-electron chi connectivity index (χ1n) is 3.92. The summed E-state index contributed by atoms with van der Waals surface area (Å²) in [5.41, 5.74) is 0.431. The van der Waals surface area contributed by atoms with Gasteiger partial charge in [-0.25, -0.2) is 0 Å². The second-order valence-electron chi connectivity index (χ2n) is 2.95. The highest BCUT2D eigenvalue weighted by atomic mass is 32.1. The highest BCUT2D eigenvalue weighted by Crippen LogP contribution is 2.27. The zero-order chi connectivity index (χ0) is 8.39. The zero-order valence-corrected chi connectivity index (χ0v) is 7.30. The lowest BCUT2D eigenvalue weighted by molar-refractivity contribution is 0.0948. The number of nitrogens with zero attached hydrogens (tertiary/aromatic N) is 2. The monoisotopic (exact) mass is 183 g/mol. The minimum absolute atomic E-state index is 0.101. The van der Waals surface area contributed by atoms with Crippen LogP contribution in [0.2, 0.25) is 0 Å². The van der Waals surface area contributed by atoms with Crippen molar-refractivity contribution in [1.29, 1.82) is 0 Å². The van der Waals surface area contributed by atoms with Crippen molar-refractivity contribution in [3.8, 4) is 0 Å². The molecule has 0 unspecified atom stereocenters.